The van der Waals surface area contributed by atoms with E-state index in [0.717, 1.165) is 17.5 Å². The van der Waals surface area contributed by atoms with Gasteiger partial charge in [-0.1, -0.05) is 31.2 Å². The maximum absolute atomic E-state index is 14.2. The van der Waals surface area contributed by atoms with Crippen molar-refractivity contribution >= 4 is 17.5 Å². The van der Waals surface area contributed by atoms with E-state index in [0.29, 0.717) is 23.4 Å². The molecule has 4 rings (SSSR count). The second-order valence-corrected chi connectivity index (χ2v) is 8.41. The Labute approximate surface area is 192 Å². The Morgan fingerprint density at radius 1 is 1.12 bits per heavy atom. The molecule has 0 spiro atoms. The lowest BCUT2D eigenvalue weighted by Gasteiger charge is -2.33. The van der Waals surface area contributed by atoms with E-state index in [1.54, 1.807) is 55.8 Å². The highest BCUT2D eigenvalue weighted by molar-refractivity contribution is 6.05. The van der Waals surface area contributed by atoms with Gasteiger partial charge < -0.3 is 20.0 Å². The summed E-state index contributed by atoms with van der Waals surface area (Å²) in [6, 6.07) is 15.5. The summed E-state index contributed by atoms with van der Waals surface area (Å²) in [5.41, 5.74) is 2.57. The third-order valence-corrected chi connectivity index (χ3v) is 6.27. The molecule has 2 N–H and O–H groups in total. The number of rotatable bonds is 7. The van der Waals surface area contributed by atoms with Crippen molar-refractivity contribution in [3.05, 3.63) is 89.1 Å². The van der Waals surface area contributed by atoms with Crippen molar-refractivity contribution in [1.82, 2.24) is 10.6 Å². The van der Waals surface area contributed by atoms with Gasteiger partial charge in [-0.15, -0.1) is 0 Å². The first-order valence-electron chi connectivity index (χ1n) is 11.1. The summed E-state index contributed by atoms with van der Waals surface area (Å²) in [7, 11) is 1.65. The van der Waals surface area contributed by atoms with Gasteiger partial charge in [0.1, 0.15) is 11.6 Å². The Balaban J connectivity index is 1.44. The molecule has 0 unspecified atom stereocenters. The number of nitrogens with zero attached hydrogens (tertiary/aromatic N) is 1. The Hall–Kier alpha value is -3.45. The number of carbonyl (C=O) groups excluding carboxylic acids is 2. The van der Waals surface area contributed by atoms with Crippen molar-refractivity contribution in [2.24, 2.45) is 5.92 Å². The maximum atomic E-state index is 14.2. The summed E-state index contributed by atoms with van der Waals surface area (Å²) in [4.78, 5) is 27.3. The van der Waals surface area contributed by atoms with Gasteiger partial charge in [0.05, 0.1) is 30.6 Å². The van der Waals surface area contributed by atoms with Gasteiger partial charge in [-0.2, -0.15) is 0 Å². The zero-order valence-electron chi connectivity index (χ0n) is 18.8. The van der Waals surface area contributed by atoms with Crippen molar-refractivity contribution in [2.75, 3.05) is 18.5 Å². The topological polar surface area (TPSA) is 74.6 Å². The molecular weight excluding hydrogens is 421 g/mol. The van der Waals surface area contributed by atoms with Crippen LogP contribution in [-0.4, -0.2) is 25.4 Å². The highest BCUT2D eigenvalue weighted by Gasteiger charge is 2.29. The summed E-state index contributed by atoms with van der Waals surface area (Å²) in [5, 5.41) is 6.15. The molecule has 1 heterocycles. The Kier molecular flexibility index (Phi) is 6.89. The van der Waals surface area contributed by atoms with Gasteiger partial charge in [-0.25, -0.2) is 4.39 Å². The Bertz CT molecular complexity index is 1130. The van der Waals surface area contributed by atoms with Gasteiger partial charge in [-0.05, 0) is 60.2 Å². The molecule has 1 aliphatic rings. The van der Waals surface area contributed by atoms with Crippen LogP contribution in [0.2, 0.25) is 0 Å². The molecule has 3 aromatic rings. The van der Waals surface area contributed by atoms with Crippen LogP contribution in [0.1, 0.15) is 46.6 Å². The average Bonchev–Trinajstić information content (AvgIpc) is 3.35. The van der Waals surface area contributed by atoms with Crippen molar-refractivity contribution in [3.8, 4) is 0 Å². The van der Waals surface area contributed by atoms with E-state index >= 15 is 0 Å². The fourth-order valence-corrected chi connectivity index (χ4v) is 4.37. The molecule has 172 valence electrons. The number of furan rings is 1. The van der Waals surface area contributed by atoms with Crippen LogP contribution in [0.5, 0.6) is 0 Å². The smallest absolute Gasteiger partial charge is 0.253 e. The van der Waals surface area contributed by atoms with Gasteiger partial charge >= 0.3 is 0 Å². The molecular formula is C26H28FN3O3. The van der Waals surface area contributed by atoms with Crippen LogP contribution in [0.25, 0.3) is 0 Å². The fourth-order valence-electron chi connectivity index (χ4n) is 4.37. The molecule has 2 aromatic carbocycles. The zero-order chi connectivity index (χ0) is 23.4. The lowest BCUT2D eigenvalue weighted by atomic mass is 9.80. The fraction of sp³-hybridized carbons (Fsp3) is 0.308. The van der Waals surface area contributed by atoms with Crippen LogP contribution in [0, 0.1) is 11.7 Å². The van der Waals surface area contributed by atoms with E-state index in [9.17, 15) is 14.0 Å². The molecule has 0 radical (unpaired) electrons. The first kappa shape index (κ1) is 22.7. The van der Waals surface area contributed by atoms with Crippen LogP contribution >= 0.6 is 0 Å². The van der Waals surface area contributed by atoms with E-state index in [1.807, 2.05) is 6.07 Å². The lowest BCUT2D eigenvalue weighted by molar-refractivity contribution is -0.117. The predicted octanol–water partition coefficient (Wildman–Crippen LogP) is 4.22. The van der Waals surface area contributed by atoms with Crippen LogP contribution < -0.4 is 15.5 Å². The van der Waals surface area contributed by atoms with Crippen LogP contribution in [0.4, 0.5) is 10.1 Å². The van der Waals surface area contributed by atoms with Gasteiger partial charge in [0.25, 0.3) is 5.91 Å². The number of carbonyl (C=O) groups is 2. The largest absolute Gasteiger partial charge is 0.467 e. The second-order valence-electron chi connectivity index (χ2n) is 8.41. The van der Waals surface area contributed by atoms with Crippen LogP contribution in [-0.2, 0) is 17.8 Å². The molecule has 0 bridgehead atoms. The molecule has 0 fully saturated rings. The number of benzene rings is 2. The normalized spacial score (nSPS) is 17.3. The second kappa shape index (κ2) is 10.0. The van der Waals surface area contributed by atoms with E-state index in [-0.39, 0.29) is 42.7 Å². The van der Waals surface area contributed by atoms with Crippen LogP contribution in [0.3, 0.4) is 0 Å². The van der Waals surface area contributed by atoms with Crippen molar-refractivity contribution in [1.29, 1.82) is 0 Å². The minimum atomic E-state index is -0.292. The summed E-state index contributed by atoms with van der Waals surface area (Å²) in [5.74, 6) is 0.255. The number of amides is 2. The lowest BCUT2D eigenvalue weighted by Crippen LogP contribution is -2.40. The van der Waals surface area contributed by atoms with E-state index in [1.165, 1.54) is 11.0 Å². The Morgan fingerprint density at radius 2 is 1.94 bits per heavy atom. The highest BCUT2D eigenvalue weighted by Crippen LogP contribution is 2.35. The van der Waals surface area contributed by atoms with Gasteiger partial charge in [-0.3, -0.25) is 9.59 Å². The molecule has 1 aromatic heterocycles. The van der Waals surface area contributed by atoms with Gasteiger partial charge in [0, 0.05) is 13.1 Å². The highest BCUT2D eigenvalue weighted by atomic mass is 19.1. The van der Waals surface area contributed by atoms with E-state index < -0.39 is 0 Å². The van der Waals surface area contributed by atoms with Crippen molar-refractivity contribution in [3.63, 3.8) is 0 Å². The minimum Gasteiger partial charge on any atom is -0.467 e. The summed E-state index contributed by atoms with van der Waals surface area (Å²) >= 11 is 0. The molecule has 0 saturated heterocycles. The average molecular weight is 450 g/mol. The molecule has 33 heavy (non-hydrogen) atoms. The first-order valence-corrected chi connectivity index (χ1v) is 11.1. The first-order chi connectivity index (χ1) is 16.0. The molecule has 0 saturated carbocycles. The number of hydrogen-bond acceptors (Lipinski definition) is 4. The third-order valence-electron chi connectivity index (χ3n) is 6.27. The van der Waals surface area contributed by atoms with E-state index in [4.69, 9.17) is 4.42 Å². The predicted molar refractivity (Wildman–Crippen MR) is 124 cm³/mol. The van der Waals surface area contributed by atoms with E-state index in [2.05, 4.69) is 17.6 Å². The number of nitrogens with one attached hydrogen (secondary N) is 2. The zero-order valence-corrected chi connectivity index (χ0v) is 18.8. The standard InChI is InChI=1S/C26H28FN3O3/c1-17-12-13-19-20(9-5-10-22(19)27)25(17)28-16-24(31)30(2)23-11-4-3-8-21(23)26(32)29-15-18-7-6-14-33-18/h3-11,14,17,25,28H,12-13,15-16H2,1-2H3,(H,29,32)/t17-,25+/m1/s1. The van der Waals surface area contributed by atoms with Crippen LogP contribution in [0.15, 0.2) is 65.3 Å². The third kappa shape index (κ3) is 4.98. The number of para-hydroxylation sites is 1. The summed E-state index contributed by atoms with van der Waals surface area (Å²) in [6.45, 7) is 2.44. The van der Waals surface area contributed by atoms with Crippen molar-refractivity contribution < 1.29 is 18.4 Å². The monoisotopic (exact) mass is 449 g/mol. The molecule has 2 amide bonds. The summed E-state index contributed by atoms with van der Waals surface area (Å²) in [6.07, 6.45) is 3.11. The quantitative estimate of drug-likeness (QED) is 0.566. The molecule has 6 nitrogen and oxygen atoms in total. The number of fused-ring (bicyclic) bond motifs is 1. The number of hydrogen-bond donors (Lipinski definition) is 2. The molecule has 7 heteroatoms. The maximum Gasteiger partial charge on any atom is 0.253 e. The van der Waals surface area contributed by atoms with Gasteiger partial charge in [0.15, 0.2) is 0 Å². The molecule has 2 atom stereocenters. The Morgan fingerprint density at radius 3 is 2.73 bits per heavy atom. The minimum absolute atomic E-state index is 0.0732. The number of anilines is 1. The number of likely N-dealkylation sites (N-methyl/N-ethyl adjacent to an activating group) is 1. The molecule has 0 aliphatic heterocycles. The summed E-state index contributed by atoms with van der Waals surface area (Å²) < 4.78 is 19.5. The molecule has 1 aliphatic carbocycles. The number of halogens is 1. The SMILES string of the molecule is C[C@@H]1CCc2c(F)cccc2[C@H]1NCC(=O)N(C)c1ccccc1C(=O)NCc1ccco1. The van der Waals surface area contributed by atoms with Crippen molar-refractivity contribution in [2.45, 2.75) is 32.4 Å². The van der Waals surface area contributed by atoms with Gasteiger partial charge in [0.2, 0.25) is 5.91 Å².